The Morgan fingerprint density at radius 1 is 1.13 bits per heavy atom. The fourth-order valence-corrected chi connectivity index (χ4v) is 5.35. The highest BCUT2D eigenvalue weighted by Gasteiger charge is 2.35. The van der Waals surface area contributed by atoms with E-state index >= 15 is 0 Å². The predicted octanol–water partition coefficient (Wildman–Crippen LogP) is 3.02. The van der Waals surface area contributed by atoms with Crippen molar-refractivity contribution in [2.45, 2.75) is 32.1 Å². The molecule has 3 rings (SSSR count). The molecule has 0 spiro atoms. The summed E-state index contributed by atoms with van der Waals surface area (Å²) in [5, 5.41) is 2.79. The van der Waals surface area contributed by atoms with Gasteiger partial charge in [-0.05, 0) is 36.8 Å². The number of hydrogen-bond donors (Lipinski definition) is 1. The Morgan fingerprint density at radius 3 is 2.43 bits per heavy atom. The summed E-state index contributed by atoms with van der Waals surface area (Å²) in [6, 6.07) is 14.1. The minimum absolute atomic E-state index is 0.102. The van der Waals surface area contributed by atoms with Gasteiger partial charge in [-0.3, -0.25) is 9.59 Å². The molecule has 30 heavy (non-hydrogen) atoms. The number of rotatable bonds is 7. The monoisotopic (exact) mass is 429 g/mol. The van der Waals surface area contributed by atoms with Crippen LogP contribution in [0.15, 0.2) is 53.4 Å². The normalized spacial score (nSPS) is 16.9. The zero-order valence-electron chi connectivity index (χ0n) is 17.5. The second-order valence-corrected chi connectivity index (χ2v) is 9.21. The van der Waals surface area contributed by atoms with Gasteiger partial charge in [0.25, 0.3) is 0 Å². The third-order valence-corrected chi connectivity index (χ3v) is 7.53. The lowest BCUT2D eigenvalue weighted by molar-refractivity contribution is -0.122. The van der Waals surface area contributed by atoms with Crippen LogP contribution in [0.3, 0.4) is 0 Å². The number of benzene rings is 2. The van der Waals surface area contributed by atoms with E-state index in [0.29, 0.717) is 30.9 Å². The number of nitrogens with one attached hydrogen (secondary N) is 1. The molecule has 1 fully saturated rings. The number of nitrogens with zero attached hydrogens (tertiary/aromatic N) is 2. The van der Waals surface area contributed by atoms with Crippen molar-refractivity contribution in [2.24, 2.45) is 5.92 Å². The highest BCUT2D eigenvalue weighted by Crippen LogP contribution is 2.27. The van der Waals surface area contributed by atoms with Gasteiger partial charge in [-0.2, -0.15) is 4.31 Å². The third kappa shape index (κ3) is 4.39. The highest BCUT2D eigenvalue weighted by atomic mass is 32.2. The second-order valence-electron chi connectivity index (χ2n) is 7.30. The number of aryl methyl sites for hydroxylation is 1. The molecule has 2 amide bonds. The Kier molecular flexibility index (Phi) is 6.58. The molecule has 1 N–H and O–H groups in total. The quantitative estimate of drug-likeness (QED) is 0.733. The van der Waals surface area contributed by atoms with Crippen LogP contribution in [-0.4, -0.2) is 44.2 Å². The maximum atomic E-state index is 12.9. The van der Waals surface area contributed by atoms with Crippen LogP contribution in [0.5, 0.6) is 0 Å². The van der Waals surface area contributed by atoms with E-state index in [1.165, 1.54) is 10.4 Å². The van der Waals surface area contributed by atoms with E-state index in [0.717, 1.165) is 5.69 Å². The van der Waals surface area contributed by atoms with E-state index in [1.807, 2.05) is 30.3 Å². The van der Waals surface area contributed by atoms with Gasteiger partial charge in [0.05, 0.1) is 10.8 Å². The fraction of sp³-hybridized carbons (Fsp3) is 0.364. The maximum Gasteiger partial charge on any atom is 0.243 e. The minimum atomic E-state index is -3.64. The first-order chi connectivity index (χ1) is 14.3. The van der Waals surface area contributed by atoms with E-state index in [9.17, 15) is 18.0 Å². The Morgan fingerprint density at radius 2 is 1.80 bits per heavy atom. The summed E-state index contributed by atoms with van der Waals surface area (Å²) in [6.45, 7) is 6.35. The summed E-state index contributed by atoms with van der Waals surface area (Å²) in [7, 11) is -3.64. The lowest BCUT2D eigenvalue weighted by atomic mass is 10.1. The standard InChI is InChI=1S/C22H27N3O4S/c1-4-24(5-2)30(28,29)20-14-18(12-11-16(20)3)23-22(27)17-13-21(26)25(15-17)19-9-7-6-8-10-19/h6-12,14,17H,4-5,13,15H2,1-3H3,(H,23,27). The molecule has 1 aliphatic rings. The predicted molar refractivity (Wildman–Crippen MR) is 117 cm³/mol. The van der Waals surface area contributed by atoms with Gasteiger partial charge in [0.1, 0.15) is 0 Å². The molecule has 0 saturated carbocycles. The molecule has 0 aromatic heterocycles. The first kappa shape index (κ1) is 22.0. The van der Waals surface area contributed by atoms with Crippen LogP contribution in [0.1, 0.15) is 25.8 Å². The van der Waals surface area contributed by atoms with Crippen molar-refractivity contribution < 1.29 is 18.0 Å². The molecule has 0 aliphatic carbocycles. The van der Waals surface area contributed by atoms with Gasteiger partial charge in [0.2, 0.25) is 21.8 Å². The smallest absolute Gasteiger partial charge is 0.243 e. The van der Waals surface area contributed by atoms with Crippen molar-refractivity contribution in [3.63, 3.8) is 0 Å². The maximum absolute atomic E-state index is 12.9. The number of para-hydroxylation sites is 1. The van der Waals surface area contributed by atoms with Gasteiger partial charge in [-0.25, -0.2) is 8.42 Å². The Hall–Kier alpha value is -2.71. The van der Waals surface area contributed by atoms with E-state index in [-0.39, 0.29) is 23.1 Å². The summed E-state index contributed by atoms with van der Waals surface area (Å²) >= 11 is 0. The largest absolute Gasteiger partial charge is 0.326 e. The molecule has 0 bridgehead atoms. The highest BCUT2D eigenvalue weighted by molar-refractivity contribution is 7.89. The van der Waals surface area contributed by atoms with Gasteiger partial charge in [0, 0.05) is 37.4 Å². The number of sulfonamides is 1. The SMILES string of the molecule is CCN(CC)S(=O)(=O)c1cc(NC(=O)C2CC(=O)N(c3ccccc3)C2)ccc1C. The first-order valence-corrected chi connectivity index (χ1v) is 11.5. The van der Waals surface area contributed by atoms with Gasteiger partial charge in [-0.1, -0.05) is 38.1 Å². The first-order valence-electron chi connectivity index (χ1n) is 10.0. The molecule has 160 valence electrons. The molecule has 2 aromatic rings. The zero-order chi connectivity index (χ0) is 21.9. The second kappa shape index (κ2) is 8.97. The number of hydrogen-bond acceptors (Lipinski definition) is 4. The third-order valence-electron chi connectivity index (χ3n) is 5.34. The zero-order valence-corrected chi connectivity index (χ0v) is 18.3. The minimum Gasteiger partial charge on any atom is -0.326 e. The summed E-state index contributed by atoms with van der Waals surface area (Å²) in [5.74, 6) is -0.895. The fourth-order valence-electron chi connectivity index (χ4n) is 3.64. The molecule has 1 saturated heterocycles. The van der Waals surface area contributed by atoms with Crippen molar-refractivity contribution >= 4 is 33.2 Å². The van der Waals surface area contributed by atoms with Crippen LogP contribution in [0, 0.1) is 12.8 Å². The number of carbonyl (C=O) groups is 2. The molecular formula is C22H27N3O4S. The molecule has 0 radical (unpaired) electrons. The van der Waals surface area contributed by atoms with Gasteiger partial charge >= 0.3 is 0 Å². The van der Waals surface area contributed by atoms with Crippen molar-refractivity contribution in [1.82, 2.24) is 4.31 Å². The topological polar surface area (TPSA) is 86.8 Å². The van der Waals surface area contributed by atoms with Crippen LogP contribution >= 0.6 is 0 Å². The number of anilines is 2. The van der Waals surface area contributed by atoms with Gasteiger partial charge < -0.3 is 10.2 Å². The van der Waals surface area contributed by atoms with Crippen LogP contribution in [-0.2, 0) is 19.6 Å². The Labute approximate surface area is 177 Å². The number of carbonyl (C=O) groups excluding carboxylic acids is 2. The van der Waals surface area contributed by atoms with Crippen LogP contribution in [0.25, 0.3) is 0 Å². The van der Waals surface area contributed by atoms with Crippen LogP contribution in [0.2, 0.25) is 0 Å². The van der Waals surface area contributed by atoms with E-state index < -0.39 is 15.9 Å². The average molecular weight is 430 g/mol. The van der Waals surface area contributed by atoms with Crippen molar-refractivity contribution in [3.05, 3.63) is 54.1 Å². The van der Waals surface area contributed by atoms with Crippen LogP contribution in [0.4, 0.5) is 11.4 Å². The summed E-state index contributed by atoms with van der Waals surface area (Å²) < 4.78 is 27.2. The van der Waals surface area contributed by atoms with Crippen LogP contribution < -0.4 is 10.2 Å². The van der Waals surface area contributed by atoms with Crippen molar-refractivity contribution in [2.75, 3.05) is 29.9 Å². The van der Waals surface area contributed by atoms with Crippen molar-refractivity contribution in [1.29, 1.82) is 0 Å². The van der Waals surface area contributed by atoms with Crippen molar-refractivity contribution in [3.8, 4) is 0 Å². The van der Waals surface area contributed by atoms with Gasteiger partial charge in [-0.15, -0.1) is 0 Å². The summed E-state index contributed by atoms with van der Waals surface area (Å²) in [6.07, 6.45) is 0.122. The molecular weight excluding hydrogens is 402 g/mol. The summed E-state index contributed by atoms with van der Waals surface area (Å²) in [5.41, 5.74) is 1.79. The van der Waals surface area contributed by atoms with Gasteiger partial charge in [0.15, 0.2) is 0 Å². The molecule has 1 atom stereocenters. The Bertz CT molecular complexity index is 1030. The Balaban J connectivity index is 1.77. The molecule has 7 nitrogen and oxygen atoms in total. The lowest BCUT2D eigenvalue weighted by Gasteiger charge is -2.20. The van der Waals surface area contributed by atoms with E-state index in [4.69, 9.17) is 0 Å². The molecule has 8 heteroatoms. The molecule has 1 aliphatic heterocycles. The number of amides is 2. The molecule has 1 heterocycles. The molecule has 2 aromatic carbocycles. The lowest BCUT2D eigenvalue weighted by Crippen LogP contribution is -2.31. The van der Waals surface area contributed by atoms with E-state index in [2.05, 4.69) is 5.32 Å². The van der Waals surface area contributed by atoms with E-state index in [1.54, 1.807) is 37.8 Å². The average Bonchev–Trinajstić information content (AvgIpc) is 3.12. The summed E-state index contributed by atoms with van der Waals surface area (Å²) in [4.78, 5) is 26.9. The molecule has 1 unspecified atom stereocenters.